The highest BCUT2D eigenvalue weighted by Gasteiger charge is 2.66. The van der Waals surface area contributed by atoms with Crippen molar-refractivity contribution >= 4 is 5.91 Å². The summed E-state index contributed by atoms with van der Waals surface area (Å²) in [4.78, 5) is 17.3. The van der Waals surface area contributed by atoms with Crippen molar-refractivity contribution in [2.45, 2.75) is 124 Å². The van der Waals surface area contributed by atoms with Crippen LogP contribution in [0.2, 0.25) is 0 Å². The topological polar surface area (TPSA) is 86.0 Å². The number of nitriles is 1. The predicted molar refractivity (Wildman–Crippen MR) is 182 cm³/mol. The molecule has 5 aliphatic carbocycles. The van der Waals surface area contributed by atoms with Crippen molar-refractivity contribution in [3.8, 4) is 6.07 Å². The molecule has 2 N–H and O–H groups in total. The van der Waals surface area contributed by atoms with Crippen LogP contribution in [0.4, 0.5) is 0 Å². The first-order valence-electron chi connectivity index (χ1n) is 18.4. The summed E-state index contributed by atoms with van der Waals surface area (Å²) in [6.07, 6.45) is 18.2. The van der Waals surface area contributed by atoms with Crippen molar-refractivity contribution in [3.63, 3.8) is 0 Å². The Bertz CT molecular complexity index is 1490. The number of pyridine rings is 1. The predicted octanol–water partition coefficient (Wildman–Crippen LogP) is 8.64. The number of hydrogen-bond acceptors (Lipinski definition) is 4. The molecule has 1 aromatic carbocycles. The number of rotatable bonds is 6. The zero-order valence-electron chi connectivity index (χ0n) is 28.7. The minimum Gasteiger partial charge on any atom is -0.393 e. The highest BCUT2D eigenvalue weighted by atomic mass is 16.3. The average molecular weight is 622 g/mol. The second-order valence-electron chi connectivity index (χ2n) is 17.3. The molecule has 46 heavy (non-hydrogen) atoms. The van der Waals surface area contributed by atoms with Gasteiger partial charge in [0.2, 0.25) is 0 Å². The van der Waals surface area contributed by atoms with Crippen LogP contribution in [-0.4, -0.2) is 22.1 Å². The summed E-state index contributed by atoms with van der Waals surface area (Å²) in [7, 11) is 0. The van der Waals surface area contributed by atoms with Gasteiger partial charge >= 0.3 is 0 Å². The maximum absolute atomic E-state index is 13.0. The summed E-state index contributed by atoms with van der Waals surface area (Å²) in [5, 5.41) is 23.0. The fourth-order valence-corrected chi connectivity index (χ4v) is 12.9. The van der Waals surface area contributed by atoms with Crippen LogP contribution in [0.25, 0.3) is 0 Å². The molecule has 1 amide bonds. The van der Waals surface area contributed by atoms with Gasteiger partial charge < -0.3 is 10.4 Å². The largest absolute Gasteiger partial charge is 0.393 e. The van der Waals surface area contributed by atoms with Crippen LogP contribution in [0.5, 0.6) is 0 Å². The fraction of sp³-hybridized carbons (Fsp3) is 0.683. The standard InChI is InChI=1S/C41H55N3O2/c1-38(2)34-16-19-39(3)32-15-22-41(18-6-9-33(41)31(32)12-13-35(39)40(34,4)20-17-36(38)45)21-14-27-7-5-8-29(23-27)37(46)44-26-30-11-10-28(24-42)25-43-30/h5,7-8,10-11,23,25,31-36,45H,6,9,12-22,26H2,1-4H3,(H,44,46). The molecule has 1 heterocycles. The van der Waals surface area contributed by atoms with Crippen LogP contribution in [0.15, 0.2) is 42.6 Å². The Morgan fingerprint density at radius 2 is 1.76 bits per heavy atom. The summed E-state index contributed by atoms with van der Waals surface area (Å²) in [5.74, 6) is 3.93. The first-order chi connectivity index (χ1) is 22.0. The number of aryl methyl sites for hydroxylation is 1. The molecule has 0 radical (unpaired) electrons. The van der Waals surface area contributed by atoms with Gasteiger partial charge in [-0.1, -0.05) is 46.2 Å². The van der Waals surface area contributed by atoms with Gasteiger partial charge in [-0.05, 0) is 158 Å². The van der Waals surface area contributed by atoms with E-state index in [9.17, 15) is 9.90 Å². The lowest BCUT2D eigenvalue weighted by Gasteiger charge is -2.69. The molecule has 0 saturated heterocycles. The van der Waals surface area contributed by atoms with Gasteiger partial charge in [-0.25, -0.2) is 0 Å². The van der Waals surface area contributed by atoms with E-state index in [-0.39, 0.29) is 17.4 Å². The number of nitrogens with one attached hydrogen (secondary N) is 1. The molecule has 5 fully saturated rings. The van der Waals surface area contributed by atoms with Gasteiger partial charge in [0.25, 0.3) is 5.91 Å². The normalized spacial score (nSPS) is 39.2. The van der Waals surface area contributed by atoms with E-state index < -0.39 is 0 Å². The van der Waals surface area contributed by atoms with Crippen LogP contribution < -0.4 is 5.32 Å². The van der Waals surface area contributed by atoms with Gasteiger partial charge in [0.1, 0.15) is 6.07 Å². The molecule has 5 aliphatic rings. The van der Waals surface area contributed by atoms with Crippen LogP contribution >= 0.6 is 0 Å². The number of amides is 1. The average Bonchev–Trinajstić information content (AvgIpc) is 3.50. The lowest BCUT2D eigenvalue weighted by atomic mass is 9.36. The second-order valence-corrected chi connectivity index (χ2v) is 17.3. The van der Waals surface area contributed by atoms with Crippen LogP contribution in [-0.2, 0) is 13.0 Å². The molecule has 5 saturated carbocycles. The Hall–Kier alpha value is -2.71. The number of carbonyl (C=O) groups excluding carboxylic acids is 1. The lowest BCUT2D eigenvalue weighted by Crippen LogP contribution is -2.63. The highest BCUT2D eigenvalue weighted by Crippen LogP contribution is 2.73. The van der Waals surface area contributed by atoms with E-state index in [1.807, 2.05) is 12.1 Å². The molecule has 9 unspecified atom stereocenters. The Labute approximate surface area is 277 Å². The molecule has 246 valence electrons. The number of fused-ring (bicyclic) bond motifs is 7. The van der Waals surface area contributed by atoms with Crippen molar-refractivity contribution in [1.29, 1.82) is 5.26 Å². The lowest BCUT2D eigenvalue weighted by molar-refractivity contribution is -0.214. The minimum absolute atomic E-state index is 0.0263. The summed E-state index contributed by atoms with van der Waals surface area (Å²) in [6, 6.07) is 13.9. The van der Waals surface area contributed by atoms with Gasteiger partial charge in [-0.2, -0.15) is 5.26 Å². The van der Waals surface area contributed by atoms with E-state index in [0.717, 1.165) is 42.2 Å². The van der Waals surface area contributed by atoms with Crippen molar-refractivity contribution in [3.05, 3.63) is 65.0 Å². The molecule has 1 aromatic heterocycles. The molecule has 0 aliphatic heterocycles. The number of aliphatic hydroxyl groups is 1. The van der Waals surface area contributed by atoms with Crippen molar-refractivity contribution in [2.24, 2.45) is 51.2 Å². The number of carbonyl (C=O) groups is 1. The van der Waals surface area contributed by atoms with E-state index in [1.54, 1.807) is 18.3 Å². The van der Waals surface area contributed by atoms with E-state index in [2.05, 4.69) is 56.2 Å². The maximum atomic E-state index is 13.0. The highest BCUT2D eigenvalue weighted by molar-refractivity contribution is 5.94. The molecule has 5 heteroatoms. The summed E-state index contributed by atoms with van der Waals surface area (Å²) < 4.78 is 0. The van der Waals surface area contributed by atoms with Crippen LogP contribution in [0, 0.1) is 62.6 Å². The first kappa shape index (κ1) is 31.9. The SMILES string of the molecule is CC1(C)C(O)CCC2(C)C1CCC1(C)C3CCC4(CCc5cccc(C(=O)NCc6ccc(C#N)cn6)c5)CCCC4C3CCC12. The Balaban J connectivity index is 1.02. The molecule has 2 aromatic rings. The molecular weight excluding hydrogens is 566 g/mol. The zero-order valence-corrected chi connectivity index (χ0v) is 28.7. The van der Waals surface area contributed by atoms with Crippen molar-refractivity contribution < 1.29 is 9.90 Å². The van der Waals surface area contributed by atoms with Gasteiger partial charge in [0.15, 0.2) is 0 Å². The maximum Gasteiger partial charge on any atom is 0.251 e. The van der Waals surface area contributed by atoms with Gasteiger partial charge in [-0.15, -0.1) is 0 Å². The Kier molecular flexibility index (Phi) is 8.15. The van der Waals surface area contributed by atoms with Crippen LogP contribution in [0.3, 0.4) is 0 Å². The minimum atomic E-state index is -0.152. The van der Waals surface area contributed by atoms with Gasteiger partial charge in [0.05, 0.1) is 23.9 Å². The number of aliphatic hydroxyl groups excluding tert-OH is 1. The second kappa shape index (κ2) is 11.8. The molecule has 0 bridgehead atoms. The third-order valence-electron chi connectivity index (χ3n) is 15.2. The monoisotopic (exact) mass is 621 g/mol. The number of nitrogens with zero attached hydrogens (tertiary/aromatic N) is 2. The molecule has 5 nitrogen and oxygen atoms in total. The summed E-state index contributed by atoms with van der Waals surface area (Å²) in [6.45, 7) is 10.4. The third kappa shape index (κ3) is 5.13. The number of hydrogen-bond donors (Lipinski definition) is 2. The quantitative estimate of drug-likeness (QED) is 0.338. The van der Waals surface area contributed by atoms with Gasteiger partial charge in [0, 0.05) is 11.8 Å². The number of benzene rings is 1. The Morgan fingerprint density at radius 1 is 0.935 bits per heavy atom. The smallest absolute Gasteiger partial charge is 0.251 e. The van der Waals surface area contributed by atoms with E-state index in [0.29, 0.717) is 39.8 Å². The summed E-state index contributed by atoms with van der Waals surface area (Å²) in [5.41, 5.74) is 4.54. The van der Waals surface area contributed by atoms with Crippen molar-refractivity contribution in [2.75, 3.05) is 0 Å². The zero-order chi connectivity index (χ0) is 32.3. The molecular formula is C41H55N3O2. The molecule has 7 rings (SSSR count). The van der Waals surface area contributed by atoms with E-state index in [1.165, 1.54) is 76.2 Å². The summed E-state index contributed by atoms with van der Waals surface area (Å²) >= 11 is 0. The van der Waals surface area contributed by atoms with E-state index in [4.69, 9.17) is 5.26 Å². The van der Waals surface area contributed by atoms with E-state index >= 15 is 0 Å². The van der Waals surface area contributed by atoms with Crippen LogP contribution in [0.1, 0.15) is 132 Å². The Morgan fingerprint density at radius 3 is 2.54 bits per heavy atom. The fourth-order valence-electron chi connectivity index (χ4n) is 12.9. The van der Waals surface area contributed by atoms with Gasteiger partial charge in [-0.3, -0.25) is 9.78 Å². The first-order valence-corrected chi connectivity index (χ1v) is 18.4. The third-order valence-corrected chi connectivity index (χ3v) is 15.2. The molecule has 0 spiro atoms. The van der Waals surface area contributed by atoms with Crippen molar-refractivity contribution in [1.82, 2.24) is 10.3 Å². The number of aromatic nitrogens is 1. The molecule has 9 atom stereocenters.